The standard InChI is InChI=1S/C20H17ClN4O2S/c21-14-7-3-1-5-12(14)11-22-17(26)10-9-16-19(27)25-18(23-16)13-6-2-4-8-15(13)24-20(25)28/h1-8,16,23H,9-11H2,(H,22,26)/t16-/m1/s1. The molecule has 0 aliphatic carbocycles. The molecule has 1 aromatic heterocycles. The Kier molecular flexibility index (Phi) is 5.11. The summed E-state index contributed by atoms with van der Waals surface area (Å²) in [6, 6.07) is 14.3. The molecule has 3 aromatic rings. The van der Waals surface area contributed by atoms with Crippen LogP contribution in [0, 0.1) is 4.77 Å². The van der Waals surface area contributed by atoms with Crippen LogP contribution in [-0.4, -0.2) is 27.4 Å². The first-order valence-electron chi connectivity index (χ1n) is 8.87. The minimum atomic E-state index is -0.514. The average Bonchev–Trinajstić information content (AvgIpc) is 3.03. The van der Waals surface area contributed by atoms with E-state index in [0.717, 1.165) is 16.5 Å². The van der Waals surface area contributed by atoms with Crippen LogP contribution in [0.15, 0.2) is 48.5 Å². The minimum absolute atomic E-state index is 0.142. The number of aromatic nitrogens is 2. The monoisotopic (exact) mass is 412 g/mol. The Labute approximate surface area is 171 Å². The van der Waals surface area contributed by atoms with Crippen LogP contribution in [0.3, 0.4) is 0 Å². The van der Waals surface area contributed by atoms with Crippen LogP contribution in [0.25, 0.3) is 10.9 Å². The van der Waals surface area contributed by atoms with Gasteiger partial charge in [-0.05, 0) is 42.4 Å². The van der Waals surface area contributed by atoms with E-state index in [1.54, 1.807) is 6.07 Å². The third kappa shape index (κ3) is 3.50. The zero-order valence-corrected chi connectivity index (χ0v) is 16.4. The predicted molar refractivity (Wildman–Crippen MR) is 111 cm³/mol. The molecule has 0 fully saturated rings. The van der Waals surface area contributed by atoms with Crippen LogP contribution in [0.4, 0.5) is 5.82 Å². The number of halogens is 1. The SMILES string of the molecule is O=C(CC[C@H]1Nc2c3ccccc3nc(=S)n2C1=O)NCc1ccccc1Cl. The molecule has 1 aliphatic rings. The molecule has 4 rings (SSSR count). The first-order valence-corrected chi connectivity index (χ1v) is 9.66. The largest absolute Gasteiger partial charge is 0.359 e. The van der Waals surface area contributed by atoms with Crippen LogP contribution >= 0.6 is 23.8 Å². The second-order valence-electron chi connectivity index (χ2n) is 6.54. The number of rotatable bonds is 5. The maximum Gasteiger partial charge on any atom is 0.257 e. The molecule has 2 N–H and O–H groups in total. The van der Waals surface area contributed by atoms with E-state index < -0.39 is 6.04 Å². The molecule has 1 aliphatic heterocycles. The van der Waals surface area contributed by atoms with Gasteiger partial charge in [0, 0.05) is 23.4 Å². The minimum Gasteiger partial charge on any atom is -0.359 e. The quantitative estimate of drug-likeness (QED) is 0.620. The third-order valence-electron chi connectivity index (χ3n) is 4.71. The van der Waals surface area contributed by atoms with Gasteiger partial charge in [0.2, 0.25) is 10.7 Å². The van der Waals surface area contributed by atoms with E-state index in [1.807, 2.05) is 42.5 Å². The molecular formula is C20H17ClN4O2S. The first-order chi connectivity index (χ1) is 13.5. The van der Waals surface area contributed by atoms with Crippen LogP contribution in [-0.2, 0) is 11.3 Å². The number of carbonyl (C=O) groups excluding carboxylic acids is 2. The summed E-state index contributed by atoms with van der Waals surface area (Å²) in [4.78, 5) is 29.3. The third-order valence-corrected chi connectivity index (χ3v) is 5.36. The molecule has 0 spiro atoms. The highest BCUT2D eigenvalue weighted by molar-refractivity contribution is 7.71. The molecular weight excluding hydrogens is 396 g/mol. The van der Waals surface area contributed by atoms with Crippen molar-refractivity contribution in [3.8, 4) is 0 Å². The normalized spacial score (nSPS) is 15.3. The van der Waals surface area contributed by atoms with E-state index in [0.29, 0.717) is 23.8 Å². The number of nitrogens with zero attached hydrogens (tertiary/aromatic N) is 2. The van der Waals surface area contributed by atoms with Crippen molar-refractivity contribution in [2.45, 2.75) is 25.4 Å². The molecule has 2 aromatic carbocycles. The number of hydrogen-bond donors (Lipinski definition) is 2. The highest BCUT2D eigenvalue weighted by Gasteiger charge is 2.31. The van der Waals surface area contributed by atoms with Gasteiger partial charge in [-0.25, -0.2) is 9.55 Å². The van der Waals surface area contributed by atoms with Gasteiger partial charge >= 0.3 is 0 Å². The summed E-state index contributed by atoms with van der Waals surface area (Å²) in [5.41, 5.74) is 1.58. The average molecular weight is 413 g/mol. The summed E-state index contributed by atoms with van der Waals surface area (Å²) in [5, 5.41) is 7.49. The Balaban J connectivity index is 1.42. The van der Waals surface area contributed by atoms with Gasteiger partial charge in [0.1, 0.15) is 11.9 Å². The predicted octanol–water partition coefficient (Wildman–Crippen LogP) is 3.95. The zero-order valence-electron chi connectivity index (χ0n) is 14.8. The van der Waals surface area contributed by atoms with E-state index in [4.69, 9.17) is 23.8 Å². The Bertz CT molecular complexity index is 1140. The maximum atomic E-state index is 12.7. The van der Waals surface area contributed by atoms with Crippen molar-refractivity contribution >= 4 is 52.4 Å². The highest BCUT2D eigenvalue weighted by atomic mass is 35.5. The Morgan fingerprint density at radius 3 is 2.79 bits per heavy atom. The number of amides is 1. The lowest BCUT2D eigenvalue weighted by Crippen LogP contribution is -2.29. The molecule has 0 bridgehead atoms. The van der Waals surface area contributed by atoms with Gasteiger partial charge in [-0.15, -0.1) is 0 Å². The number of nitrogens with one attached hydrogen (secondary N) is 2. The van der Waals surface area contributed by atoms with Gasteiger partial charge in [0.15, 0.2) is 0 Å². The van der Waals surface area contributed by atoms with Crippen molar-refractivity contribution in [1.82, 2.24) is 14.9 Å². The topological polar surface area (TPSA) is 76.0 Å². The van der Waals surface area contributed by atoms with Crippen molar-refractivity contribution in [1.29, 1.82) is 0 Å². The van der Waals surface area contributed by atoms with Crippen molar-refractivity contribution in [3.05, 3.63) is 63.9 Å². The van der Waals surface area contributed by atoms with Gasteiger partial charge in [0.25, 0.3) is 5.91 Å². The summed E-state index contributed by atoms with van der Waals surface area (Å²) >= 11 is 11.4. The highest BCUT2D eigenvalue weighted by Crippen LogP contribution is 2.29. The van der Waals surface area contributed by atoms with Crippen molar-refractivity contribution in [2.75, 3.05) is 5.32 Å². The molecule has 8 heteroatoms. The summed E-state index contributed by atoms with van der Waals surface area (Å²) in [6.07, 6.45) is 0.568. The number of hydrogen-bond acceptors (Lipinski definition) is 5. The molecule has 1 amide bonds. The number of fused-ring (bicyclic) bond motifs is 3. The zero-order chi connectivity index (χ0) is 19.7. The van der Waals surface area contributed by atoms with Gasteiger partial charge in [0.05, 0.1) is 5.52 Å². The molecule has 0 radical (unpaired) electrons. The molecule has 0 saturated carbocycles. The van der Waals surface area contributed by atoms with E-state index in [-0.39, 0.29) is 23.0 Å². The molecule has 0 saturated heterocycles. The first kappa shape index (κ1) is 18.6. The summed E-state index contributed by atoms with van der Waals surface area (Å²) < 4.78 is 1.64. The molecule has 1 atom stereocenters. The van der Waals surface area contributed by atoms with Gasteiger partial charge in [-0.1, -0.05) is 41.9 Å². The summed E-state index contributed by atoms with van der Waals surface area (Å²) in [5.74, 6) is 0.316. The lowest BCUT2D eigenvalue weighted by atomic mass is 10.1. The second kappa shape index (κ2) is 7.69. The van der Waals surface area contributed by atoms with Crippen molar-refractivity contribution < 1.29 is 9.59 Å². The maximum absolute atomic E-state index is 12.7. The van der Waals surface area contributed by atoms with Crippen LogP contribution in [0.1, 0.15) is 23.2 Å². The van der Waals surface area contributed by atoms with E-state index in [9.17, 15) is 9.59 Å². The van der Waals surface area contributed by atoms with Gasteiger partial charge in [-0.2, -0.15) is 0 Å². The Morgan fingerprint density at radius 2 is 1.96 bits per heavy atom. The summed E-state index contributed by atoms with van der Waals surface area (Å²) in [6.45, 7) is 0.352. The number of para-hydroxylation sites is 1. The van der Waals surface area contributed by atoms with Crippen molar-refractivity contribution in [3.63, 3.8) is 0 Å². The van der Waals surface area contributed by atoms with E-state index >= 15 is 0 Å². The number of carbonyl (C=O) groups is 2. The molecule has 28 heavy (non-hydrogen) atoms. The van der Waals surface area contributed by atoms with E-state index in [1.165, 1.54) is 4.57 Å². The molecule has 142 valence electrons. The number of anilines is 1. The smallest absolute Gasteiger partial charge is 0.257 e. The Morgan fingerprint density at radius 1 is 1.21 bits per heavy atom. The van der Waals surface area contributed by atoms with E-state index in [2.05, 4.69) is 15.6 Å². The van der Waals surface area contributed by atoms with Crippen molar-refractivity contribution in [2.24, 2.45) is 0 Å². The molecule has 2 heterocycles. The molecule has 0 unspecified atom stereocenters. The fourth-order valence-corrected chi connectivity index (χ4v) is 3.75. The Hall–Kier alpha value is -2.77. The number of benzene rings is 2. The van der Waals surface area contributed by atoms with Crippen LogP contribution < -0.4 is 10.6 Å². The molecule has 6 nitrogen and oxygen atoms in total. The summed E-state index contributed by atoms with van der Waals surface area (Å²) in [7, 11) is 0. The lowest BCUT2D eigenvalue weighted by molar-refractivity contribution is -0.121. The van der Waals surface area contributed by atoms with Gasteiger partial charge < -0.3 is 10.6 Å². The fraction of sp³-hybridized carbons (Fsp3) is 0.200. The van der Waals surface area contributed by atoms with Gasteiger partial charge in [-0.3, -0.25) is 9.59 Å². The van der Waals surface area contributed by atoms with Crippen LogP contribution in [0.5, 0.6) is 0 Å². The second-order valence-corrected chi connectivity index (χ2v) is 7.31. The van der Waals surface area contributed by atoms with Crippen LogP contribution in [0.2, 0.25) is 5.02 Å². The lowest BCUT2D eigenvalue weighted by Gasteiger charge is -2.10. The fourth-order valence-electron chi connectivity index (χ4n) is 3.26.